The van der Waals surface area contributed by atoms with Crippen LogP contribution in [0.3, 0.4) is 0 Å². The van der Waals surface area contributed by atoms with Crippen LogP contribution in [0.2, 0.25) is 0 Å². The number of carbonyl (C=O) groups excluding carboxylic acids is 10. The maximum Gasteiger partial charge on any atom is 0.236 e. The fraction of sp³-hybridized carbons (Fsp3) is 0.849. The van der Waals surface area contributed by atoms with E-state index in [9.17, 15) is 47.9 Å². The average molecular weight is 1930 g/mol. The Morgan fingerprint density at radius 3 is 1.16 bits per heavy atom. The van der Waals surface area contributed by atoms with Gasteiger partial charge in [-0.25, -0.2) is 0 Å². The van der Waals surface area contributed by atoms with Crippen LogP contribution in [-0.4, -0.2) is 427 Å². The Morgan fingerprint density at radius 1 is 0.412 bits per heavy atom. The van der Waals surface area contributed by atoms with Crippen molar-refractivity contribution in [3.05, 3.63) is 29.8 Å². The number of likely N-dealkylation sites (N-methyl/N-ethyl adjacent to an activating group) is 9. The summed E-state index contributed by atoms with van der Waals surface area (Å²) >= 11 is 0. The second kappa shape index (κ2) is 84.2. The minimum Gasteiger partial charge on any atom is -0.494 e. The lowest BCUT2D eigenvalue weighted by Crippen LogP contribution is -2.51. The van der Waals surface area contributed by atoms with Crippen LogP contribution in [0.15, 0.2) is 24.3 Å². The van der Waals surface area contributed by atoms with E-state index in [1.807, 2.05) is 102 Å². The molecule has 0 spiro atoms. The van der Waals surface area contributed by atoms with Crippen molar-refractivity contribution in [1.82, 2.24) is 89.4 Å². The molecule has 30 heteroatoms. The molecule has 2 aliphatic heterocycles. The quantitative estimate of drug-likeness (QED) is 0.0511. The first-order valence-electron chi connectivity index (χ1n) is 51.7. The summed E-state index contributed by atoms with van der Waals surface area (Å²) in [6.07, 6.45) is 11.4. The lowest BCUT2D eigenvalue weighted by Gasteiger charge is -2.34. The third-order valence-corrected chi connectivity index (χ3v) is 21.3. The van der Waals surface area contributed by atoms with Gasteiger partial charge in [0.25, 0.3) is 0 Å². The van der Waals surface area contributed by atoms with E-state index in [-0.39, 0.29) is 65.6 Å². The topological polar surface area (TPSA) is 274 Å². The number of rotatable bonds is 56. The first-order chi connectivity index (χ1) is 63.5. The number of Topliss-reactive ketones (excluding diaryl/α,β-unsaturated/α-hetero) is 1. The van der Waals surface area contributed by atoms with Crippen molar-refractivity contribution in [2.24, 2.45) is 59.2 Å². The largest absolute Gasteiger partial charge is 0.494 e. The molecule has 800 valence electrons. The first-order valence-corrected chi connectivity index (χ1v) is 51.7. The number of likely N-dealkylation sites (tertiary alicyclic amines) is 2. The Balaban J connectivity index is -0.000000485. The maximum absolute atomic E-state index is 12.3. The second-order valence-corrected chi connectivity index (χ2v) is 42.4. The molecule has 0 radical (unpaired) electrons. The van der Waals surface area contributed by atoms with Crippen LogP contribution in [-0.2, 0) is 59.2 Å². The van der Waals surface area contributed by atoms with Crippen LogP contribution < -0.4 is 20.7 Å². The molecule has 0 aromatic heterocycles. The molecule has 1 aromatic rings. The van der Waals surface area contributed by atoms with Gasteiger partial charge in [0.1, 0.15) is 5.75 Å². The third-order valence-electron chi connectivity index (χ3n) is 21.3. The number of hydrogen-bond donors (Lipinski definition) is 3. The van der Waals surface area contributed by atoms with Crippen molar-refractivity contribution in [3.8, 4) is 5.75 Å². The number of carbonyl (C=O) groups is 10. The zero-order valence-electron chi connectivity index (χ0n) is 94.8. The molecule has 0 bridgehead atoms. The summed E-state index contributed by atoms with van der Waals surface area (Å²) in [4.78, 5) is 147. The number of ketones is 1. The van der Waals surface area contributed by atoms with Gasteiger partial charge in [-0.3, -0.25) is 87.1 Å². The van der Waals surface area contributed by atoms with Gasteiger partial charge < -0.3 is 59.7 Å². The summed E-state index contributed by atoms with van der Waals surface area (Å²) in [5.74, 6) is 8.14. The van der Waals surface area contributed by atoms with E-state index in [4.69, 9.17) is 9.47 Å². The molecule has 2 fully saturated rings. The Hall–Kier alpha value is -6.48. The highest BCUT2D eigenvalue weighted by Crippen LogP contribution is 2.21. The SMILES string of the molecule is CC(=O)NC1CCCN(C(=O)CN(C)CC(C)C)C1.CC(C)CC(=O)CN(C)C(=O)CN(C)CC(C)C.CC(C)CN(C)CC(=O)N(C)Cc1ccc(OCCCN(C)C)cc1.CCC1CCN(C(=O)CN(C)CC(C)C)CC1.CCCN(CC(=O)N(C)C)CC(C)C.CCCN(CC(=O)NC)CC(C)C.CCCNC(=O)CN(CCC)CC(C)C.COCCN(CC(=O)N(C)C)CC(C)C. The summed E-state index contributed by atoms with van der Waals surface area (Å²) in [5.41, 5.74) is 1.11. The molecule has 2 aliphatic rings. The Kier molecular flexibility index (Phi) is 85.5. The number of piperidine rings is 2. The minimum atomic E-state index is -0.0174. The summed E-state index contributed by atoms with van der Waals surface area (Å²) in [5, 5.41) is 8.47. The number of hydrogen-bond acceptors (Lipinski definition) is 21. The smallest absolute Gasteiger partial charge is 0.236 e. The fourth-order valence-corrected chi connectivity index (χ4v) is 15.5. The molecule has 0 aliphatic carbocycles. The van der Waals surface area contributed by atoms with Gasteiger partial charge in [0, 0.05) is 181 Å². The van der Waals surface area contributed by atoms with Crippen LogP contribution in [0.1, 0.15) is 242 Å². The Morgan fingerprint density at radius 2 is 0.801 bits per heavy atom. The lowest BCUT2D eigenvalue weighted by atomic mass is 9.94. The summed E-state index contributed by atoms with van der Waals surface area (Å²) < 4.78 is 10.8. The van der Waals surface area contributed by atoms with E-state index < -0.39 is 0 Å². The number of methoxy groups -OCH3 is 1. The number of amides is 9. The van der Waals surface area contributed by atoms with E-state index in [1.54, 1.807) is 50.0 Å². The Bertz CT molecular complexity index is 3190. The molecule has 30 nitrogen and oxygen atoms in total. The number of ether oxygens (including phenoxy) is 2. The van der Waals surface area contributed by atoms with Crippen molar-refractivity contribution in [1.29, 1.82) is 0 Å². The van der Waals surface area contributed by atoms with Crippen molar-refractivity contribution in [2.45, 2.75) is 249 Å². The van der Waals surface area contributed by atoms with Gasteiger partial charge in [0.15, 0.2) is 5.78 Å². The van der Waals surface area contributed by atoms with Gasteiger partial charge in [0.05, 0.1) is 72.1 Å². The predicted molar refractivity (Wildman–Crippen MR) is 569 cm³/mol. The molecule has 0 saturated carbocycles. The monoisotopic (exact) mass is 1930 g/mol. The normalized spacial score (nSPS) is 13.3. The van der Waals surface area contributed by atoms with Crippen LogP contribution in [0, 0.1) is 59.2 Å². The van der Waals surface area contributed by atoms with Gasteiger partial charge in [-0.1, -0.05) is 178 Å². The molecule has 1 atom stereocenters. The lowest BCUT2D eigenvalue weighted by molar-refractivity contribution is -0.135. The van der Waals surface area contributed by atoms with Crippen LogP contribution in [0.5, 0.6) is 5.75 Å². The van der Waals surface area contributed by atoms with E-state index in [2.05, 4.69) is 215 Å². The Labute approximate surface area is 834 Å². The summed E-state index contributed by atoms with van der Waals surface area (Å²) in [6.45, 7) is 73.9. The molecule has 3 N–H and O–H groups in total. The molecule has 136 heavy (non-hydrogen) atoms. The third kappa shape index (κ3) is 84.4. The highest BCUT2D eigenvalue weighted by molar-refractivity contribution is 5.87. The number of nitrogens with zero attached hydrogens (tertiary/aromatic N) is 15. The number of nitrogens with one attached hydrogen (secondary N) is 3. The van der Waals surface area contributed by atoms with E-state index in [0.717, 1.165) is 180 Å². The highest BCUT2D eigenvalue weighted by atomic mass is 16.5. The predicted octanol–water partition coefficient (Wildman–Crippen LogP) is 12.2. The fourth-order valence-electron chi connectivity index (χ4n) is 15.5. The van der Waals surface area contributed by atoms with Crippen molar-refractivity contribution >= 4 is 58.9 Å². The maximum atomic E-state index is 12.3. The second-order valence-electron chi connectivity index (χ2n) is 42.4. The van der Waals surface area contributed by atoms with Crippen molar-refractivity contribution in [2.75, 3.05) is 289 Å². The molecule has 3 rings (SSSR count). The standard InChI is InChI=1S/C20H35N3O2.C14H27N3O2.C14H28N2O2.C14H28N2O.C12H26N2O.C11H24N2O2.C11H24N2O.C10H22N2O/c1-17(2)14-22(5)16-20(24)23(6)15-18-8-10-19(11-9-18)25-13-7-12-21(3)4;1-11(2)8-16(4)10-14(19)17-7-5-6-13(9-17)15-12(3)18;1-11(2)7-13(17)9-16(6)14(18)10-15(5)8-12(3)4;1-5-13-6-8-16(9-7-13)14(17)11-15(4)10-12(2)3;1-5-7-13-12(15)10-14(8-6-2)9-11(3)4;1-10(2)8-13(6-7-15-5)9-11(14)12(3)4;1-6-7-13(8-10(2)3)9-11(14)12(4)5;1-5-6-12(7-9(2)3)8-10(13)11-4/h8-11,17H,7,12-16H2,1-6H3;11,13H,5-10H2,1-4H3,(H,15,18);11-12H,7-10H2,1-6H3;12-13H,5-11H2,1-4H3;11H,5-10H2,1-4H3,(H,13,15);10H,6-9H2,1-5H3;10H,6-9H2,1-5H3;9H,5-8H2,1-4H3,(H,11,13). The van der Waals surface area contributed by atoms with Gasteiger partial charge in [0.2, 0.25) is 53.2 Å². The minimum absolute atomic E-state index is 0.00950. The molecular formula is C106H214N18O12. The van der Waals surface area contributed by atoms with Crippen LogP contribution >= 0.6 is 0 Å². The van der Waals surface area contributed by atoms with Gasteiger partial charge in [-0.15, -0.1) is 0 Å². The summed E-state index contributed by atoms with van der Waals surface area (Å²) in [6, 6.07) is 8.14. The molecule has 2 heterocycles. The van der Waals surface area contributed by atoms with Gasteiger partial charge >= 0.3 is 0 Å². The van der Waals surface area contributed by atoms with Gasteiger partial charge in [-0.05, 0) is 197 Å². The zero-order chi connectivity index (χ0) is 105. The average Bonchev–Trinajstić information content (AvgIpc) is 0.882. The molecule has 2 saturated heterocycles. The van der Waals surface area contributed by atoms with Crippen LogP contribution in [0.25, 0.3) is 0 Å². The summed E-state index contributed by atoms with van der Waals surface area (Å²) in [7, 11) is 26.2. The van der Waals surface area contributed by atoms with E-state index in [1.165, 1.54) is 31.1 Å². The van der Waals surface area contributed by atoms with E-state index >= 15 is 0 Å². The first kappa shape index (κ1) is 138. The van der Waals surface area contributed by atoms with Crippen molar-refractivity contribution in [3.63, 3.8) is 0 Å². The molecule has 1 aromatic carbocycles. The van der Waals surface area contributed by atoms with E-state index in [0.29, 0.717) is 138 Å². The van der Waals surface area contributed by atoms with Crippen molar-refractivity contribution < 1.29 is 57.4 Å². The van der Waals surface area contributed by atoms with Crippen LogP contribution in [0.4, 0.5) is 0 Å². The highest BCUT2D eigenvalue weighted by Gasteiger charge is 2.27. The molecule has 9 amide bonds. The van der Waals surface area contributed by atoms with Gasteiger partial charge in [-0.2, -0.15) is 0 Å². The zero-order valence-corrected chi connectivity index (χ0v) is 94.8. The molecule has 1 unspecified atom stereocenters. The number of benzene rings is 1. The molecular weight excluding hydrogens is 1720 g/mol.